The normalized spacial score (nSPS) is 14.8. The van der Waals surface area contributed by atoms with Crippen LogP contribution in [-0.2, 0) is 4.79 Å². The Balaban J connectivity index is 1.99. The smallest absolute Gasteiger partial charge is 0.255 e. The van der Waals surface area contributed by atoms with Gasteiger partial charge in [0.25, 0.3) is 5.91 Å². The Morgan fingerprint density at radius 1 is 1.10 bits per heavy atom. The first-order valence-corrected chi connectivity index (χ1v) is 6.58. The fourth-order valence-electron chi connectivity index (χ4n) is 2.09. The number of hydrazone groups is 1. The molecule has 0 unspecified atom stereocenters. The minimum atomic E-state index is -0.201. The van der Waals surface area contributed by atoms with E-state index in [2.05, 4.69) is 10.1 Å². The van der Waals surface area contributed by atoms with Crippen LogP contribution in [0.15, 0.2) is 64.7 Å². The maximum Gasteiger partial charge on any atom is 0.255 e. The van der Waals surface area contributed by atoms with Crippen LogP contribution in [0, 0.1) is 0 Å². The molecule has 0 spiro atoms. The average molecular weight is 278 g/mol. The molecule has 5 nitrogen and oxygen atoms in total. The number of nitrogens with zero attached hydrogens (tertiary/aromatic N) is 3. The molecule has 0 fully saturated rings. The monoisotopic (exact) mass is 278 g/mol. The Bertz CT molecular complexity index is 722. The van der Waals surface area contributed by atoms with Gasteiger partial charge >= 0.3 is 0 Å². The number of amidine groups is 1. The van der Waals surface area contributed by atoms with Crippen LogP contribution in [0.4, 0.5) is 11.4 Å². The highest BCUT2D eigenvalue weighted by molar-refractivity contribution is 6.10. The summed E-state index contributed by atoms with van der Waals surface area (Å²) in [7, 11) is 0. The first-order valence-electron chi connectivity index (χ1n) is 6.58. The molecule has 2 aromatic rings. The second kappa shape index (κ2) is 5.58. The highest BCUT2D eigenvalue weighted by Gasteiger charge is 2.22. The van der Waals surface area contributed by atoms with Crippen molar-refractivity contribution in [2.45, 2.75) is 6.42 Å². The summed E-state index contributed by atoms with van der Waals surface area (Å²) in [5.74, 6) is 0.0956. The van der Waals surface area contributed by atoms with Gasteiger partial charge < -0.3 is 5.73 Å². The molecule has 1 aliphatic heterocycles. The van der Waals surface area contributed by atoms with E-state index in [4.69, 9.17) is 5.73 Å². The molecular formula is C16H14N4O. The van der Waals surface area contributed by atoms with Crippen LogP contribution in [0.2, 0.25) is 0 Å². The van der Waals surface area contributed by atoms with Crippen LogP contribution >= 0.6 is 0 Å². The van der Waals surface area contributed by atoms with Crippen molar-refractivity contribution in [3.8, 4) is 0 Å². The van der Waals surface area contributed by atoms with Gasteiger partial charge in [-0.3, -0.25) is 4.79 Å². The highest BCUT2D eigenvalue weighted by atomic mass is 16.2. The average Bonchev–Trinajstić information content (AvgIpc) is 2.61. The van der Waals surface area contributed by atoms with Gasteiger partial charge in [-0.05, 0) is 17.7 Å². The predicted octanol–water partition coefficient (Wildman–Crippen LogP) is 2.45. The molecule has 0 saturated carbocycles. The van der Waals surface area contributed by atoms with Gasteiger partial charge in [-0.1, -0.05) is 42.5 Å². The summed E-state index contributed by atoms with van der Waals surface area (Å²) >= 11 is 0. The van der Waals surface area contributed by atoms with E-state index in [9.17, 15) is 4.79 Å². The lowest BCUT2D eigenvalue weighted by molar-refractivity contribution is -0.117. The summed E-state index contributed by atoms with van der Waals surface area (Å²) in [5, 5.41) is 5.65. The Hall–Kier alpha value is -2.95. The first kappa shape index (κ1) is 13.1. The lowest BCUT2D eigenvalue weighted by Gasteiger charge is -2.16. The molecule has 0 radical (unpaired) electrons. The molecule has 2 aromatic carbocycles. The van der Waals surface area contributed by atoms with Crippen LogP contribution in [0.25, 0.3) is 0 Å². The maximum atomic E-state index is 12.3. The zero-order chi connectivity index (χ0) is 14.7. The number of benzene rings is 2. The standard InChI is InChI=1S/C16H14N4O/c17-15-10-16(21)20(14-9-5-4-8-13(14)19-15)18-11-12-6-2-1-3-7-12/h1-9,11H,10H2,(H2,17,19)/b18-11+. The third-order valence-corrected chi connectivity index (χ3v) is 3.06. The number of hydrogen-bond donors (Lipinski definition) is 1. The zero-order valence-electron chi connectivity index (χ0n) is 11.3. The van der Waals surface area contributed by atoms with Crippen LogP contribution in [0.1, 0.15) is 12.0 Å². The first-order chi connectivity index (χ1) is 10.2. The van der Waals surface area contributed by atoms with E-state index in [0.717, 1.165) is 5.56 Å². The van der Waals surface area contributed by atoms with E-state index in [0.29, 0.717) is 17.2 Å². The molecule has 2 N–H and O–H groups in total. The fraction of sp³-hybridized carbons (Fsp3) is 0.0625. The van der Waals surface area contributed by atoms with Crippen molar-refractivity contribution < 1.29 is 4.79 Å². The molecule has 0 bridgehead atoms. The number of aliphatic imine (C=N–C) groups is 1. The number of hydrogen-bond acceptors (Lipinski definition) is 4. The van der Waals surface area contributed by atoms with Gasteiger partial charge in [0, 0.05) is 0 Å². The molecule has 1 amide bonds. The minimum Gasteiger partial charge on any atom is -0.387 e. The van der Waals surface area contributed by atoms with Crippen molar-refractivity contribution in [2.24, 2.45) is 15.8 Å². The number of anilines is 1. The van der Waals surface area contributed by atoms with Crippen LogP contribution in [-0.4, -0.2) is 18.0 Å². The van der Waals surface area contributed by atoms with Gasteiger partial charge in [-0.15, -0.1) is 0 Å². The van der Waals surface area contributed by atoms with E-state index in [1.54, 1.807) is 12.3 Å². The second-order valence-electron chi connectivity index (χ2n) is 4.63. The fourth-order valence-corrected chi connectivity index (χ4v) is 2.09. The summed E-state index contributed by atoms with van der Waals surface area (Å²) in [6.45, 7) is 0. The topological polar surface area (TPSA) is 71.0 Å². The second-order valence-corrected chi connectivity index (χ2v) is 4.63. The minimum absolute atomic E-state index is 0.0564. The molecule has 1 aliphatic rings. The zero-order valence-corrected chi connectivity index (χ0v) is 11.3. The molecule has 0 atom stereocenters. The SMILES string of the molecule is NC1=Nc2ccccc2N(/N=C/c2ccccc2)C(=O)C1. The lowest BCUT2D eigenvalue weighted by Crippen LogP contribution is -2.28. The molecule has 5 heteroatoms. The molecule has 0 aromatic heterocycles. The van der Waals surface area contributed by atoms with Crippen molar-refractivity contribution >= 4 is 29.3 Å². The third-order valence-electron chi connectivity index (χ3n) is 3.06. The van der Waals surface area contributed by atoms with E-state index >= 15 is 0 Å². The third kappa shape index (κ3) is 2.81. The number of amides is 1. The van der Waals surface area contributed by atoms with Crippen LogP contribution in [0.3, 0.4) is 0 Å². The van der Waals surface area contributed by atoms with Crippen molar-refractivity contribution in [3.63, 3.8) is 0 Å². The van der Waals surface area contributed by atoms with E-state index < -0.39 is 0 Å². The summed E-state index contributed by atoms with van der Waals surface area (Å²) in [6, 6.07) is 16.9. The molecule has 0 saturated heterocycles. The molecule has 1 heterocycles. The Morgan fingerprint density at radius 3 is 2.62 bits per heavy atom. The summed E-state index contributed by atoms with van der Waals surface area (Å²) in [6.07, 6.45) is 1.71. The van der Waals surface area contributed by atoms with Crippen molar-refractivity contribution in [1.82, 2.24) is 0 Å². The summed E-state index contributed by atoms with van der Waals surface area (Å²) < 4.78 is 0. The molecule has 0 aliphatic carbocycles. The van der Waals surface area contributed by atoms with Crippen LogP contribution in [0.5, 0.6) is 0 Å². The molecule has 3 rings (SSSR count). The maximum absolute atomic E-state index is 12.3. The Morgan fingerprint density at radius 2 is 1.81 bits per heavy atom. The van der Waals surface area contributed by atoms with Gasteiger partial charge in [-0.25, -0.2) is 4.99 Å². The largest absolute Gasteiger partial charge is 0.387 e. The van der Waals surface area contributed by atoms with Gasteiger partial charge in [-0.2, -0.15) is 10.1 Å². The number of nitrogens with two attached hydrogens (primary N) is 1. The van der Waals surface area contributed by atoms with Crippen molar-refractivity contribution in [1.29, 1.82) is 0 Å². The Kier molecular flexibility index (Phi) is 3.47. The summed E-state index contributed by atoms with van der Waals surface area (Å²) in [5.41, 5.74) is 7.96. The molecule has 104 valence electrons. The lowest BCUT2D eigenvalue weighted by atomic mass is 10.2. The number of para-hydroxylation sites is 2. The van der Waals surface area contributed by atoms with Gasteiger partial charge in [0.2, 0.25) is 0 Å². The van der Waals surface area contributed by atoms with E-state index in [1.165, 1.54) is 5.01 Å². The van der Waals surface area contributed by atoms with Gasteiger partial charge in [0.1, 0.15) is 5.84 Å². The number of carbonyl (C=O) groups is 1. The van der Waals surface area contributed by atoms with Crippen molar-refractivity contribution in [2.75, 3.05) is 5.01 Å². The highest BCUT2D eigenvalue weighted by Crippen LogP contribution is 2.31. The quantitative estimate of drug-likeness (QED) is 0.857. The number of carbonyl (C=O) groups excluding carboxylic acids is 1. The molecule has 21 heavy (non-hydrogen) atoms. The number of rotatable bonds is 2. The van der Waals surface area contributed by atoms with Gasteiger partial charge in [0.05, 0.1) is 24.0 Å². The van der Waals surface area contributed by atoms with E-state index in [-0.39, 0.29) is 12.3 Å². The van der Waals surface area contributed by atoms with Crippen molar-refractivity contribution in [3.05, 3.63) is 60.2 Å². The predicted molar refractivity (Wildman–Crippen MR) is 83.9 cm³/mol. The molecular weight excluding hydrogens is 264 g/mol. The van der Waals surface area contributed by atoms with Crippen LogP contribution < -0.4 is 10.7 Å². The Labute approximate surface area is 122 Å². The summed E-state index contributed by atoms with van der Waals surface area (Å²) in [4.78, 5) is 16.5. The van der Waals surface area contributed by atoms with Gasteiger partial charge in [0.15, 0.2) is 0 Å². The van der Waals surface area contributed by atoms with E-state index in [1.807, 2.05) is 48.5 Å². The number of fused-ring (bicyclic) bond motifs is 1.